The van der Waals surface area contributed by atoms with Gasteiger partial charge in [-0.1, -0.05) is 18.2 Å². The molecular formula is C19H25NO4. The molecule has 2 aliphatic heterocycles. The molecule has 0 unspecified atom stereocenters. The Kier molecular flexibility index (Phi) is 5.19. The third-order valence-electron chi connectivity index (χ3n) is 5.03. The molecule has 2 atom stereocenters. The van der Waals surface area contributed by atoms with E-state index in [0.29, 0.717) is 44.7 Å². The van der Waals surface area contributed by atoms with Gasteiger partial charge in [0.05, 0.1) is 13.2 Å². The van der Waals surface area contributed by atoms with Crippen molar-refractivity contribution < 1.29 is 19.1 Å². The van der Waals surface area contributed by atoms with E-state index in [4.69, 9.17) is 9.47 Å². The van der Waals surface area contributed by atoms with Crippen molar-refractivity contribution in [2.24, 2.45) is 5.92 Å². The summed E-state index contributed by atoms with van der Waals surface area (Å²) in [6.45, 7) is 8.44. The van der Waals surface area contributed by atoms with Gasteiger partial charge in [0.2, 0.25) is 5.91 Å². The van der Waals surface area contributed by atoms with Gasteiger partial charge in [-0.25, -0.2) is 4.79 Å². The molecule has 0 spiro atoms. The van der Waals surface area contributed by atoms with E-state index in [1.54, 1.807) is 0 Å². The lowest BCUT2D eigenvalue weighted by atomic mass is 9.87. The smallest absolute Gasteiger partial charge is 0.334 e. The summed E-state index contributed by atoms with van der Waals surface area (Å²) in [5.41, 5.74) is 2.56. The normalized spacial score (nSPS) is 28.6. The van der Waals surface area contributed by atoms with Crippen molar-refractivity contribution >= 4 is 11.9 Å². The van der Waals surface area contributed by atoms with E-state index >= 15 is 0 Å². The minimum Gasteiger partial charge on any atom is -0.454 e. The highest BCUT2D eigenvalue weighted by Crippen LogP contribution is 2.34. The van der Waals surface area contributed by atoms with Gasteiger partial charge in [-0.3, -0.25) is 4.79 Å². The minimum atomic E-state index is -0.307. The van der Waals surface area contributed by atoms with Gasteiger partial charge in [0.15, 0.2) is 0 Å². The predicted molar refractivity (Wildman–Crippen MR) is 90.2 cm³/mol. The molecule has 0 aromatic heterocycles. The highest BCUT2D eigenvalue weighted by molar-refractivity contribution is 5.94. The van der Waals surface area contributed by atoms with Crippen molar-refractivity contribution in [2.75, 3.05) is 26.3 Å². The maximum Gasteiger partial charge on any atom is 0.334 e. The molecule has 1 amide bonds. The lowest BCUT2D eigenvalue weighted by molar-refractivity contribution is -0.137. The van der Waals surface area contributed by atoms with Crippen LogP contribution in [0.15, 0.2) is 35.5 Å². The number of hydrogen-bond donors (Lipinski definition) is 0. The van der Waals surface area contributed by atoms with Crippen molar-refractivity contribution in [3.8, 4) is 0 Å². The van der Waals surface area contributed by atoms with Crippen molar-refractivity contribution in [1.82, 2.24) is 4.90 Å². The van der Waals surface area contributed by atoms with Crippen LogP contribution in [0.4, 0.5) is 0 Å². The van der Waals surface area contributed by atoms with Gasteiger partial charge in [-0.2, -0.15) is 0 Å². The molecule has 5 nitrogen and oxygen atoms in total. The topological polar surface area (TPSA) is 55.8 Å². The maximum absolute atomic E-state index is 12.8. The number of fused-ring (bicyclic) bond motifs is 1. The first-order valence-electron chi connectivity index (χ1n) is 8.69. The van der Waals surface area contributed by atoms with Crippen LogP contribution >= 0.6 is 0 Å². The van der Waals surface area contributed by atoms with Gasteiger partial charge in [0.25, 0.3) is 0 Å². The van der Waals surface area contributed by atoms with Gasteiger partial charge in [-0.15, -0.1) is 0 Å². The summed E-state index contributed by atoms with van der Waals surface area (Å²) < 4.78 is 10.8. The molecule has 130 valence electrons. The second kappa shape index (κ2) is 7.34. The number of allylic oxidation sites excluding steroid dienone is 2. The third-order valence-corrected chi connectivity index (χ3v) is 5.03. The quantitative estimate of drug-likeness (QED) is 0.421. The number of rotatable bonds is 1. The average molecular weight is 331 g/mol. The molecule has 1 aliphatic carbocycles. The van der Waals surface area contributed by atoms with Crippen LogP contribution in [0.5, 0.6) is 0 Å². The van der Waals surface area contributed by atoms with E-state index in [0.717, 1.165) is 18.4 Å². The fourth-order valence-corrected chi connectivity index (χ4v) is 3.53. The molecule has 2 fully saturated rings. The molecule has 0 aromatic rings. The Bertz CT molecular complexity index is 598. The summed E-state index contributed by atoms with van der Waals surface area (Å²) >= 11 is 0. The third kappa shape index (κ3) is 3.61. The van der Waals surface area contributed by atoms with Crippen LogP contribution in [0.1, 0.15) is 32.6 Å². The molecule has 0 radical (unpaired) electrons. The van der Waals surface area contributed by atoms with Gasteiger partial charge >= 0.3 is 5.97 Å². The van der Waals surface area contributed by atoms with E-state index in [2.05, 4.69) is 12.7 Å². The second-order valence-corrected chi connectivity index (χ2v) is 6.73. The molecule has 0 bridgehead atoms. The van der Waals surface area contributed by atoms with Gasteiger partial charge in [0, 0.05) is 30.2 Å². The molecule has 24 heavy (non-hydrogen) atoms. The molecule has 5 heteroatoms. The number of hydrogen-bond acceptors (Lipinski definition) is 4. The van der Waals surface area contributed by atoms with Crippen LogP contribution in [0.2, 0.25) is 0 Å². The van der Waals surface area contributed by atoms with Gasteiger partial charge in [0.1, 0.15) is 6.10 Å². The van der Waals surface area contributed by atoms with Crippen molar-refractivity contribution in [1.29, 1.82) is 0 Å². The summed E-state index contributed by atoms with van der Waals surface area (Å²) in [5.74, 6) is -0.238. The summed E-state index contributed by atoms with van der Waals surface area (Å²) in [6.07, 6.45) is 6.94. The van der Waals surface area contributed by atoms with Gasteiger partial charge < -0.3 is 14.4 Å². The van der Waals surface area contributed by atoms with Crippen LogP contribution in [-0.2, 0) is 19.1 Å². The Balaban J connectivity index is 1.77. The Labute approximate surface area is 143 Å². The van der Waals surface area contributed by atoms with Gasteiger partial charge in [-0.05, 0) is 38.7 Å². The Morgan fingerprint density at radius 2 is 2.04 bits per heavy atom. The molecule has 2 saturated heterocycles. The second-order valence-electron chi connectivity index (χ2n) is 6.73. The molecule has 0 N–H and O–H groups in total. The zero-order valence-electron chi connectivity index (χ0n) is 14.3. The number of amides is 1. The molecule has 0 aromatic carbocycles. The predicted octanol–water partition coefficient (Wildman–Crippen LogP) is 2.39. The van der Waals surface area contributed by atoms with Crippen LogP contribution < -0.4 is 0 Å². The molecule has 2 heterocycles. The molecule has 3 rings (SSSR count). The van der Waals surface area contributed by atoms with Crippen molar-refractivity contribution in [3.63, 3.8) is 0 Å². The Hall–Kier alpha value is -1.88. The number of morpholine rings is 1. The molecule has 0 saturated carbocycles. The molecular weight excluding hydrogens is 306 g/mol. The summed E-state index contributed by atoms with van der Waals surface area (Å²) in [4.78, 5) is 26.5. The van der Waals surface area contributed by atoms with E-state index in [9.17, 15) is 9.59 Å². The number of carbonyl (C=O) groups excluding carboxylic acids is 2. The Morgan fingerprint density at radius 1 is 1.29 bits per heavy atom. The largest absolute Gasteiger partial charge is 0.454 e. The fraction of sp³-hybridized carbons (Fsp3) is 0.579. The number of esters is 1. The lowest BCUT2D eigenvalue weighted by Gasteiger charge is -2.28. The average Bonchev–Trinajstić information content (AvgIpc) is 2.85. The SMILES string of the molecule is C=C1C(=O)O[C@@H]2C=C(C)CCC=C(C(=O)N3CCOCC3)CC[C@H]12. The van der Waals surface area contributed by atoms with Crippen LogP contribution in [0.25, 0.3) is 0 Å². The summed E-state index contributed by atoms with van der Waals surface area (Å²) in [7, 11) is 0. The number of carbonyl (C=O) groups is 2. The highest BCUT2D eigenvalue weighted by Gasteiger charge is 2.37. The minimum absolute atomic E-state index is 0.0357. The summed E-state index contributed by atoms with van der Waals surface area (Å²) in [6, 6.07) is 0. The first-order valence-corrected chi connectivity index (χ1v) is 8.69. The van der Waals surface area contributed by atoms with Crippen LogP contribution in [0.3, 0.4) is 0 Å². The lowest BCUT2D eigenvalue weighted by Crippen LogP contribution is -2.41. The first-order chi connectivity index (χ1) is 11.6. The number of nitrogens with zero attached hydrogens (tertiary/aromatic N) is 1. The van der Waals surface area contributed by atoms with E-state index < -0.39 is 0 Å². The highest BCUT2D eigenvalue weighted by atomic mass is 16.6. The fourth-order valence-electron chi connectivity index (χ4n) is 3.53. The van der Waals surface area contributed by atoms with Crippen LogP contribution in [-0.4, -0.2) is 49.2 Å². The van der Waals surface area contributed by atoms with E-state index in [1.165, 1.54) is 5.57 Å². The summed E-state index contributed by atoms with van der Waals surface area (Å²) in [5, 5.41) is 0. The number of ether oxygens (including phenoxy) is 2. The zero-order valence-corrected chi connectivity index (χ0v) is 14.3. The maximum atomic E-state index is 12.8. The van der Waals surface area contributed by atoms with E-state index in [1.807, 2.05) is 17.9 Å². The van der Waals surface area contributed by atoms with Crippen LogP contribution in [0, 0.1) is 5.92 Å². The first kappa shape index (κ1) is 17.0. The monoisotopic (exact) mass is 331 g/mol. The zero-order chi connectivity index (χ0) is 17.1. The van der Waals surface area contributed by atoms with Crippen molar-refractivity contribution in [3.05, 3.63) is 35.5 Å². The standard InChI is InChI=1S/C19H25NO4/c1-13-4-3-5-15(18(21)20-8-10-23-11-9-20)6-7-16-14(2)19(22)24-17(16)12-13/h5,12,16-17H,2-4,6-11H2,1H3/t16-,17-/m1/s1. The Morgan fingerprint density at radius 3 is 2.79 bits per heavy atom. The van der Waals surface area contributed by atoms with Crippen molar-refractivity contribution in [2.45, 2.75) is 38.7 Å². The van der Waals surface area contributed by atoms with E-state index in [-0.39, 0.29) is 23.9 Å². The molecule has 3 aliphatic rings.